The molecular formula is C13H20N4O. The lowest BCUT2D eigenvalue weighted by Crippen LogP contribution is -2.33. The van der Waals surface area contributed by atoms with Crippen molar-refractivity contribution in [2.24, 2.45) is 5.84 Å². The summed E-state index contributed by atoms with van der Waals surface area (Å²) in [6, 6.07) is 0. The van der Waals surface area contributed by atoms with Crippen molar-refractivity contribution in [3.8, 4) is 0 Å². The van der Waals surface area contributed by atoms with Crippen LogP contribution in [-0.4, -0.2) is 16.6 Å². The van der Waals surface area contributed by atoms with E-state index in [4.69, 9.17) is 15.6 Å². The van der Waals surface area contributed by atoms with E-state index in [1.807, 2.05) is 0 Å². The van der Waals surface area contributed by atoms with Crippen molar-refractivity contribution in [2.45, 2.75) is 51.0 Å². The maximum atomic E-state index is 5.92. The molecule has 1 atom stereocenters. The minimum atomic E-state index is -0.346. The summed E-state index contributed by atoms with van der Waals surface area (Å²) in [4.78, 5) is 9.31. The zero-order chi connectivity index (χ0) is 12.6. The Balaban J connectivity index is 2.02. The standard InChI is InChI=1S/C13H20N4O/c1-13(7-2-3-8-18-13)12-15-10-6-4-5-9(10)11(16-12)17-14/h2-8,14H2,1H3,(H,15,16,17). The van der Waals surface area contributed by atoms with Crippen LogP contribution in [0.25, 0.3) is 0 Å². The van der Waals surface area contributed by atoms with Crippen molar-refractivity contribution >= 4 is 5.82 Å². The largest absolute Gasteiger partial charge is 0.367 e. The van der Waals surface area contributed by atoms with Gasteiger partial charge in [0.25, 0.3) is 0 Å². The van der Waals surface area contributed by atoms with Gasteiger partial charge in [-0.1, -0.05) is 0 Å². The Morgan fingerprint density at radius 3 is 2.83 bits per heavy atom. The van der Waals surface area contributed by atoms with E-state index in [9.17, 15) is 0 Å². The van der Waals surface area contributed by atoms with Crippen LogP contribution in [0.2, 0.25) is 0 Å². The normalized spacial score (nSPS) is 27.0. The van der Waals surface area contributed by atoms with Gasteiger partial charge in [0.2, 0.25) is 0 Å². The topological polar surface area (TPSA) is 73.1 Å². The highest BCUT2D eigenvalue weighted by atomic mass is 16.5. The first-order chi connectivity index (χ1) is 8.73. The number of nitrogens with one attached hydrogen (secondary N) is 1. The molecule has 2 heterocycles. The second-order valence-electron chi connectivity index (χ2n) is 5.36. The molecule has 1 aromatic heterocycles. The van der Waals surface area contributed by atoms with Crippen molar-refractivity contribution in [1.29, 1.82) is 0 Å². The second-order valence-corrected chi connectivity index (χ2v) is 5.36. The van der Waals surface area contributed by atoms with Crippen molar-refractivity contribution in [2.75, 3.05) is 12.0 Å². The summed E-state index contributed by atoms with van der Waals surface area (Å²) in [6.07, 6.45) is 6.46. The van der Waals surface area contributed by atoms with Gasteiger partial charge in [-0.05, 0) is 45.4 Å². The zero-order valence-corrected chi connectivity index (χ0v) is 10.8. The molecule has 0 spiro atoms. The van der Waals surface area contributed by atoms with Gasteiger partial charge in [0.05, 0.1) is 0 Å². The molecule has 3 rings (SSSR count). The molecule has 5 heteroatoms. The van der Waals surface area contributed by atoms with E-state index in [-0.39, 0.29) is 5.60 Å². The fourth-order valence-corrected chi connectivity index (χ4v) is 2.90. The van der Waals surface area contributed by atoms with Gasteiger partial charge in [0.1, 0.15) is 11.4 Å². The Morgan fingerprint density at radius 1 is 1.22 bits per heavy atom. The first kappa shape index (κ1) is 11.9. The number of hydrogen-bond acceptors (Lipinski definition) is 5. The Hall–Kier alpha value is -1.20. The van der Waals surface area contributed by atoms with Crippen molar-refractivity contribution in [3.05, 3.63) is 17.1 Å². The number of ether oxygens (including phenoxy) is 1. The number of nitrogens with two attached hydrogens (primary N) is 1. The molecular weight excluding hydrogens is 228 g/mol. The van der Waals surface area contributed by atoms with Crippen LogP contribution in [0.3, 0.4) is 0 Å². The van der Waals surface area contributed by atoms with Gasteiger partial charge in [-0.25, -0.2) is 15.8 Å². The third-order valence-corrected chi connectivity index (χ3v) is 4.01. The molecule has 5 nitrogen and oxygen atoms in total. The molecule has 1 aromatic rings. The predicted octanol–water partition coefficient (Wildman–Crippen LogP) is 1.67. The molecule has 0 radical (unpaired) electrons. The van der Waals surface area contributed by atoms with Gasteiger partial charge in [-0.3, -0.25) is 0 Å². The number of nitrogen functional groups attached to an aromatic ring is 1. The van der Waals surface area contributed by atoms with Gasteiger partial charge in [-0.2, -0.15) is 0 Å². The lowest BCUT2D eigenvalue weighted by Gasteiger charge is -2.32. The molecule has 98 valence electrons. The molecule has 3 N–H and O–H groups in total. The van der Waals surface area contributed by atoms with Gasteiger partial charge in [-0.15, -0.1) is 0 Å². The van der Waals surface area contributed by atoms with Gasteiger partial charge >= 0.3 is 0 Å². The number of nitrogens with zero attached hydrogens (tertiary/aromatic N) is 2. The van der Waals surface area contributed by atoms with Gasteiger partial charge in [0.15, 0.2) is 5.82 Å². The van der Waals surface area contributed by atoms with Crippen molar-refractivity contribution in [3.63, 3.8) is 0 Å². The number of aromatic nitrogens is 2. The predicted molar refractivity (Wildman–Crippen MR) is 69.0 cm³/mol. The summed E-state index contributed by atoms with van der Waals surface area (Å²) in [5, 5.41) is 0. The molecule has 0 aromatic carbocycles. The Kier molecular flexibility index (Phi) is 2.95. The average molecular weight is 248 g/mol. The van der Waals surface area contributed by atoms with Crippen LogP contribution in [0.1, 0.15) is 49.7 Å². The molecule has 1 aliphatic carbocycles. The van der Waals surface area contributed by atoms with Crippen LogP contribution in [0.15, 0.2) is 0 Å². The maximum absolute atomic E-state index is 5.92. The summed E-state index contributed by atoms with van der Waals surface area (Å²) in [5.74, 6) is 7.15. The maximum Gasteiger partial charge on any atom is 0.162 e. The summed E-state index contributed by atoms with van der Waals surface area (Å²) < 4.78 is 5.92. The molecule has 2 aliphatic rings. The summed E-state index contributed by atoms with van der Waals surface area (Å²) in [7, 11) is 0. The highest BCUT2D eigenvalue weighted by Gasteiger charge is 2.34. The van der Waals surface area contributed by atoms with Crippen LogP contribution in [0, 0.1) is 0 Å². The second kappa shape index (κ2) is 4.48. The molecule has 1 fully saturated rings. The SMILES string of the molecule is CC1(c2nc3c(c(NN)n2)CCC3)CCCCO1. The Bertz CT molecular complexity index is 455. The third-order valence-electron chi connectivity index (χ3n) is 4.01. The summed E-state index contributed by atoms with van der Waals surface area (Å²) >= 11 is 0. The van der Waals surface area contributed by atoms with E-state index in [0.717, 1.165) is 56.0 Å². The zero-order valence-electron chi connectivity index (χ0n) is 10.8. The lowest BCUT2D eigenvalue weighted by atomic mass is 9.95. The fourth-order valence-electron chi connectivity index (χ4n) is 2.90. The molecule has 1 saturated heterocycles. The van der Waals surface area contributed by atoms with E-state index in [2.05, 4.69) is 17.3 Å². The Morgan fingerprint density at radius 2 is 2.11 bits per heavy atom. The molecule has 18 heavy (non-hydrogen) atoms. The first-order valence-electron chi connectivity index (χ1n) is 6.74. The van der Waals surface area contributed by atoms with Gasteiger partial charge in [0, 0.05) is 17.9 Å². The fraction of sp³-hybridized carbons (Fsp3) is 0.692. The molecule has 0 amide bonds. The lowest BCUT2D eigenvalue weighted by molar-refractivity contribution is -0.0760. The van der Waals surface area contributed by atoms with E-state index >= 15 is 0 Å². The van der Waals surface area contributed by atoms with E-state index in [1.54, 1.807) is 0 Å². The number of aryl methyl sites for hydroxylation is 1. The smallest absolute Gasteiger partial charge is 0.162 e. The number of rotatable bonds is 2. The van der Waals surface area contributed by atoms with Crippen LogP contribution < -0.4 is 11.3 Å². The number of anilines is 1. The molecule has 1 unspecified atom stereocenters. The molecule has 0 bridgehead atoms. The van der Waals surface area contributed by atoms with Crippen molar-refractivity contribution < 1.29 is 4.74 Å². The number of fused-ring (bicyclic) bond motifs is 1. The quantitative estimate of drug-likeness (QED) is 0.615. The van der Waals surface area contributed by atoms with Gasteiger partial charge < -0.3 is 10.2 Å². The number of hydrogen-bond donors (Lipinski definition) is 2. The van der Waals surface area contributed by atoms with Crippen LogP contribution in [0.5, 0.6) is 0 Å². The monoisotopic (exact) mass is 248 g/mol. The average Bonchev–Trinajstić information content (AvgIpc) is 2.86. The summed E-state index contributed by atoms with van der Waals surface area (Å²) in [6.45, 7) is 2.88. The van der Waals surface area contributed by atoms with E-state index in [0.29, 0.717) is 0 Å². The minimum Gasteiger partial charge on any atom is -0.367 e. The van der Waals surface area contributed by atoms with E-state index < -0.39 is 0 Å². The van der Waals surface area contributed by atoms with Crippen LogP contribution in [-0.2, 0) is 23.2 Å². The van der Waals surface area contributed by atoms with Crippen LogP contribution >= 0.6 is 0 Å². The van der Waals surface area contributed by atoms with E-state index in [1.165, 1.54) is 12.0 Å². The summed E-state index contributed by atoms with van der Waals surface area (Å²) in [5.41, 5.74) is 4.69. The molecule has 1 aliphatic heterocycles. The highest BCUT2D eigenvalue weighted by Crippen LogP contribution is 2.35. The van der Waals surface area contributed by atoms with Crippen LogP contribution in [0.4, 0.5) is 5.82 Å². The first-order valence-corrected chi connectivity index (χ1v) is 6.74. The highest BCUT2D eigenvalue weighted by molar-refractivity contribution is 5.48. The third kappa shape index (κ3) is 1.87. The van der Waals surface area contributed by atoms with Crippen molar-refractivity contribution in [1.82, 2.24) is 9.97 Å². The minimum absolute atomic E-state index is 0.346. The number of hydrazine groups is 1. The Labute approximate surface area is 107 Å². The molecule has 0 saturated carbocycles.